The summed E-state index contributed by atoms with van der Waals surface area (Å²) in [4.78, 5) is 20.7. The van der Waals surface area contributed by atoms with Crippen molar-refractivity contribution in [2.75, 3.05) is 14.2 Å². The van der Waals surface area contributed by atoms with Crippen molar-refractivity contribution in [2.24, 2.45) is 0 Å². The minimum absolute atomic E-state index is 0.242. The highest BCUT2D eigenvalue weighted by Crippen LogP contribution is 2.35. The molecule has 1 N–H and O–H groups in total. The van der Waals surface area contributed by atoms with E-state index in [1.807, 2.05) is 47.2 Å². The number of imidazole rings is 1. The van der Waals surface area contributed by atoms with Gasteiger partial charge >= 0.3 is 0 Å². The minimum Gasteiger partial charge on any atom is -0.496 e. The summed E-state index contributed by atoms with van der Waals surface area (Å²) in [5, 5.41) is 2.56. The van der Waals surface area contributed by atoms with E-state index in [1.165, 1.54) is 0 Å². The SMILES string of the molecule is CNC(=O)c1ccc(-c2cc(-c3nccn3Cc3ccccn3)ccc2OC)o1. The van der Waals surface area contributed by atoms with E-state index in [2.05, 4.69) is 15.3 Å². The highest BCUT2D eigenvalue weighted by molar-refractivity contribution is 5.92. The normalized spacial score (nSPS) is 10.7. The monoisotopic (exact) mass is 388 g/mol. The highest BCUT2D eigenvalue weighted by Gasteiger charge is 2.16. The number of carbonyl (C=O) groups is 1. The van der Waals surface area contributed by atoms with E-state index in [9.17, 15) is 4.79 Å². The van der Waals surface area contributed by atoms with Gasteiger partial charge in [0.25, 0.3) is 5.91 Å². The number of rotatable bonds is 6. The Morgan fingerprint density at radius 2 is 2.03 bits per heavy atom. The topological polar surface area (TPSA) is 82.2 Å². The van der Waals surface area contributed by atoms with Gasteiger partial charge < -0.3 is 19.0 Å². The first-order valence-electron chi connectivity index (χ1n) is 9.11. The molecule has 0 aliphatic heterocycles. The molecule has 0 atom stereocenters. The lowest BCUT2D eigenvalue weighted by Gasteiger charge is -2.11. The Hall–Kier alpha value is -3.87. The van der Waals surface area contributed by atoms with E-state index >= 15 is 0 Å². The predicted octanol–water partition coefficient (Wildman–Crippen LogP) is 3.62. The number of nitrogens with zero attached hydrogens (tertiary/aromatic N) is 3. The molecule has 29 heavy (non-hydrogen) atoms. The summed E-state index contributed by atoms with van der Waals surface area (Å²) in [6.07, 6.45) is 5.46. The minimum atomic E-state index is -0.280. The van der Waals surface area contributed by atoms with E-state index in [4.69, 9.17) is 9.15 Å². The van der Waals surface area contributed by atoms with E-state index in [1.54, 1.807) is 38.7 Å². The molecule has 4 aromatic rings. The quantitative estimate of drug-likeness (QED) is 0.546. The van der Waals surface area contributed by atoms with Crippen LogP contribution in [-0.4, -0.2) is 34.6 Å². The lowest BCUT2D eigenvalue weighted by Crippen LogP contribution is -2.16. The summed E-state index contributed by atoms with van der Waals surface area (Å²) in [7, 11) is 3.16. The van der Waals surface area contributed by atoms with E-state index < -0.39 is 0 Å². The number of amides is 1. The molecular weight excluding hydrogens is 368 g/mol. The zero-order valence-electron chi connectivity index (χ0n) is 16.1. The number of hydrogen-bond acceptors (Lipinski definition) is 5. The Morgan fingerprint density at radius 3 is 2.79 bits per heavy atom. The first kappa shape index (κ1) is 18.5. The number of aromatic nitrogens is 3. The van der Waals surface area contributed by atoms with Crippen molar-refractivity contribution in [3.63, 3.8) is 0 Å². The Kier molecular flexibility index (Phi) is 5.11. The summed E-state index contributed by atoms with van der Waals surface area (Å²) in [5.74, 6) is 1.96. The zero-order valence-corrected chi connectivity index (χ0v) is 16.1. The van der Waals surface area contributed by atoms with Crippen molar-refractivity contribution in [1.82, 2.24) is 19.9 Å². The zero-order chi connectivity index (χ0) is 20.2. The van der Waals surface area contributed by atoms with Crippen LogP contribution in [0.2, 0.25) is 0 Å². The van der Waals surface area contributed by atoms with Crippen molar-refractivity contribution in [3.8, 4) is 28.5 Å². The average molecular weight is 388 g/mol. The largest absolute Gasteiger partial charge is 0.496 e. The second-order valence-electron chi connectivity index (χ2n) is 6.36. The predicted molar refractivity (Wildman–Crippen MR) is 109 cm³/mol. The van der Waals surface area contributed by atoms with Crippen molar-refractivity contribution in [1.29, 1.82) is 0 Å². The lowest BCUT2D eigenvalue weighted by atomic mass is 10.1. The molecule has 7 nitrogen and oxygen atoms in total. The maximum Gasteiger partial charge on any atom is 0.286 e. The van der Waals surface area contributed by atoms with Crippen LogP contribution >= 0.6 is 0 Å². The maximum absolute atomic E-state index is 11.8. The van der Waals surface area contributed by atoms with Gasteiger partial charge in [0, 0.05) is 31.2 Å². The highest BCUT2D eigenvalue weighted by atomic mass is 16.5. The van der Waals surface area contributed by atoms with Crippen molar-refractivity contribution in [3.05, 3.63) is 78.6 Å². The number of ether oxygens (including phenoxy) is 1. The second-order valence-corrected chi connectivity index (χ2v) is 6.36. The molecule has 0 fully saturated rings. The van der Waals surface area contributed by atoms with Crippen LogP contribution in [0.3, 0.4) is 0 Å². The third-order valence-electron chi connectivity index (χ3n) is 4.55. The van der Waals surface area contributed by atoms with Crippen molar-refractivity contribution >= 4 is 5.91 Å². The molecule has 0 bridgehead atoms. The molecule has 0 saturated heterocycles. The molecule has 0 radical (unpaired) electrons. The Morgan fingerprint density at radius 1 is 1.14 bits per heavy atom. The molecule has 1 aromatic carbocycles. The van der Waals surface area contributed by atoms with Crippen LogP contribution in [0.25, 0.3) is 22.7 Å². The third-order valence-corrected chi connectivity index (χ3v) is 4.55. The van der Waals surface area contributed by atoms with Crippen LogP contribution in [0.1, 0.15) is 16.2 Å². The molecule has 1 amide bonds. The lowest BCUT2D eigenvalue weighted by molar-refractivity contribution is 0.0936. The molecule has 3 heterocycles. The van der Waals surface area contributed by atoms with Gasteiger partial charge in [-0.1, -0.05) is 6.07 Å². The smallest absolute Gasteiger partial charge is 0.286 e. The second kappa shape index (κ2) is 8.02. The number of methoxy groups -OCH3 is 1. The molecule has 0 unspecified atom stereocenters. The molecule has 0 spiro atoms. The van der Waals surface area contributed by atoms with Crippen LogP contribution in [-0.2, 0) is 6.54 Å². The number of hydrogen-bond donors (Lipinski definition) is 1. The molecule has 4 rings (SSSR count). The molecule has 7 heteroatoms. The van der Waals surface area contributed by atoms with E-state index in [0.29, 0.717) is 18.1 Å². The fourth-order valence-corrected chi connectivity index (χ4v) is 3.13. The fourth-order valence-electron chi connectivity index (χ4n) is 3.13. The van der Waals surface area contributed by atoms with Gasteiger partial charge in [0.2, 0.25) is 0 Å². The molecule has 146 valence electrons. The first-order valence-corrected chi connectivity index (χ1v) is 9.11. The summed E-state index contributed by atoms with van der Waals surface area (Å²) >= 11 is 0. The summed E-state index contributed by atoms with van der Waals surface area (Å²) in [5.41, 5.74) is 2.59. The standard InChI is InChI=1S/C22H20N4O3/c1-23-22(27)20-9-8-19(29-20)17-13-15(6-7-18(17)28-2)21-25-11-12-26(21)14-16-5-3-4-10-24-16/h3-13H,14H2,1-2H3,(H,23,27). The molecule has 3 aromatic heterocycles. The van der Waals surface area contributed by atoms with Gasteiger partial charge in [-0.05, 0) is 42.5 Å². The van der Waals surface area contributed by atoms with Gasteiger partial charge in [-0.25, -0.2) is 4.98 Å². The number of carbonyl (C=O) groups excluding carboxylic acids is 1. The first-order chi connectivity index (χ1) is 14.2. The molecular formula is C22H20N4O3. The maximum atomic E-state index is 11.8. The van der Waals surface area contributed by atoms with Gasteiger partial charge in [0.15, 0.2) is 5.76 Å². The number of benzene rings is 1. The van der Waals surface area contributed by atoms with Crippen LogP contribution in [0.5, 0.6) is 5.75 Å². The summed E-state index contributed by atoms with van der Waals surface area (Å²) in [6, 6.07) is 15.0. The Labute approximate surface area is 168 Å². The van der Waals surface area contributed by atoms with Gasteiger partial charge in [-0.2, -0.15) is 0 Å². The van der Waals surface area contributed by atoms with Gasteiger partial charge in [-0.3, -0.25) is 9.78 Å². The van der Waals surface area contributed by atoms with E-state index in [0.717, 1.165) is 22.6 Å². The van der Waals surface area contributed by atoms with Crippen molar-refractivity contribution in [2.45, 2.75) is 6.54 Å². The number of pyridine rings is 1. The Bertz CT molecular complexity index is 1130. The van der Waals surface area contributed by atoms with Crippen molar-refractivity contribution < 1.29 is 13.9 Å². The van der Waals surface area contributed by atoms with Crippen LogP contribution in [0, 0.1) is 0 Å². The average Bonchev–Trinajstić information content (AvgIpc) is 3.43. The molecule has 0 saturated carbocycles. The van der Waals surface area contributed by atoms with Gasteiger partial charge in [-0.15, -0.1) is 0 Å². The molecule has 0 aliphatic rings. The third kappa shape index (κ3) is 3.75. The van der Waals surface area contributed by atoms with E-state index in [-0.39, 0.29) is 11.7 Å². The van der Waals surface area contributed by atoms with Gasteiger partial charge in [0.05, 0.1) is 24.9 Å². The van der Waals surface area contributed by atoms with Crippen LogP contribution < -0.4 is 10.1 Å². The summed E-state index contributed by atoms with van der Waals surface area (Å²) in [6.45, 7) is 0.610. The Balaban J connectivity index is 1.72. The number of nitrogens with one attached hydrogen (secondary N) is 1. The van der Waals surface area contributed by atoms with Crippen LogP contribution in [0.4, 0.5) is 0 Å². The molecule has 0 aliphatic carbocycles. The number of furan rings is 1. The van der Waals surface area contributed by atoms with Gasteiger partial charge in [0.1, 0.15) is 17.3 Å². The summed E-state index contributed by atoms with van der Waals surface area (Å²) < 4.78 is 13.3. The fraction of sp³-hybridized carbons (Fsp3) is 0.136. The van der Waals surface area contributed by atoms with Crippen LogP contribution in [0.15, 0.2) is 71.5 Å².